The van der Waals surface area contributed by atoms with Crippen molar-refractivity contribution in [1.29, 1.82) is 0 Å². The van der Waals surface area contributed by atoms with Crippen LogP contribution in [0.1, 0.15) is 47.0 Å². The first-order chi connectivity index (χ1) is 11.6. The summed E-state index contributed by atoms with van der Waals surface area (Å²) in [5, 5.41) is 1.55. The molecule has 0 saturated carbocycles. The summed E-state index contributed by atoms with van der Waals surface area (Å²) in [7, 11) is -1.61. The second-order valence-corrected chi connectivity index (χ2v) is 14.1. The molecule has 1 aliphatic heterocycles. The van der Waals surface area contributed by atoms with Gasteiger partial charge in [0.15, 0.2) is 0 Å². The third kappa shape index (κ3) is 3.67. The Hall–Kier alpha value is -0.838. The zero-order valence-electron chi connectivity index (χ0n) is 16.7. The molecule has 0 bridgehead atoms. The lowest BCUT2D eigenvalue weighted by atomic mass is 9.69. The highest BCUT2D eigenvalue weighted by atomic mass is 28.3. The van der Waals surface area contributed by atoms with Crippen molar-refractivity contribution in [3.05, 3.63) is 42.5 Å². The van der Waals surface area contributed by atoms with Gasteiger partial charge in [-0.25, -0.2) is 0 Å². The van der Waals surface area contributed by atoms with Gasteiger partial charge in [-0.2, -0.15) is 0 Å². The lowest BCUT2D eigenvalue weighted by Gasteiger charge is -2.32. The number of benzene rings is 1. The Balaban J connectivity index is 1.75. The molecule has 1 heterocycles. The van der Waals surface area contributed by atoms with Crippen LogP contribution in [0.2, 0.25) is 24.5 Å². The standard InChI is InChI=1S/C21H33BO2Si/c1-20(2)21(3,4)24-22(23-20)17-11-10-14-19(16-15-17)25(5,6)18-12-8-7-9-13-18/h7-9,12-13,15-17,19H,10-11,14H2,1-6H3/t17-,19-/m0/s1. The Morgan fingerprint density at radius 3 is 2.12 bits per heavy atom. The second kappa shape index (κ2) is 6.71. The van der Waals surface area contributed by atoms with E-state index in [-0.39, 0.29) is 18.3 Å². The molecular weight excluding hydrogens is 323 g/mol. The maximum absolute atomic E-state index is 6.30. The summed E-state index contributed by atoms with van der Waals surface area (Å²) in [5.41, 5.74) is 0.201. The summed E-state index contributed by atoms with van der Waals surface area (Å²) >= 11 is 0. The van der Waals surface area contributed by atoms with Crippen LogP contribution in [0, 0.1) is 0 Å². The fraction of sp³-hybridized carbons (Fsp3) is 0.619. The molecule has 0 amide bonds. The Morgan fingerprint density at radius 2 is 1.52 bits per heavy atom. The number of rotatable bonds is 3. The van der Waals surface area contributed by atoms with E-state index in [9.17, 15) is 0 Å². The minimum absolute atomic E-state index is 0.110. The highest BCUT2D eigenvalue weighted by Gasteiger charge is 2.53. The van der Waals surface area contributed by atoms with E-state index in [1.165, 1.54) is 12.8 Å². The molecule has 2 nitrogen and oxygen atoms in total. The first-order valence-corrected chi connectivity index (χ1v) is 12.8. The van der Waals surface area contributed by atoms with E-state index in [0.717, 1.165) is 6.42 Å². The van der Waals surface area contributed by atoms with Crippen LogP contribution in [0.5, 0.6) is 0 Å². The van der Waals surface area contributed by atoms with Crippen LogP contribution in [-0.4, -0.2) is 26.4 Å². The molecule has 3 rings (SSSR count). The molecule has 0 unspecified atom stereocenters. The molecule has 2 aliphatic rings. The third-order valence-electron chi connectivity index (χ3n) is 6.71. The molecular formula is C21H33BO2Si. The molecule has 0 aromatic heterocycles. The first-order valence-electron chi connectivity index (χ1n) is 9.73. The normalized spacial score (nSPS) is 28.8. The van der Waals surface area contributed by atoms with Gasteiger partial charge in [0.05, 0.1) is 19.3 Å². The van der Waals surface area contributed by atoms with E-state index in [4.69, 9.17) is 9.31 Å². The molecule has 4 heteroatoms. The Bertz CT molecular complexity index is 608. The monoisotopic (exact) mass is 356 g/mol. The maximum atomic E-state index is 6.30. The van der Waals surface area contributed by atoms with Gasteiger partial charge >= 0.3 is 7.12 Å². The van der Waals surface area contributed by atoms with Gasteiger partial charge < -0.3 is 9.31 Å². The van der Waals surface area contributed by atoms with Crippen LogP contribution in [-0.2, 0) is 9.31 Å². The van der Waals surface area contributed by atoms with Crippen molar-refractivity contribution in [1.82, 2.24) is 0 Å². The largest absolute Gasteiger partial charge is 0.465 e. The van der Waals surface area contributed by atoms with E-state index in [2.05, 4.69) is 83.3 Å². The lowest BCUT2D eigenvalue weighted by Crippen LogP contribution is -2.45. The quantitative estimate of drug-likeness (QED) is 0.549. The zero-order chi connectivity index (χ0) is 18.3. The van der Waals surface area contributed by atoms with Crippen LogP contribution < -0.4 is 5.19 Å². The Kier molecular flexibility index (Phi) is 5.09. The van der Waals surface area contributed by atoms with Crippen molar-refractivity contribution < 1.29 is 9.31 Å². The summed E-state index contributed by atoms with van der Waals surface area (Å²) < 4.78 is 12.6. The van der Waals surface area contributed by atoms with E-state index in [1.807, 2.05) is 0 Å². The highest BCUT2D eigenvalue weighted by Crippen LogP contribution is 2.43. The Morgan fingerprint density at radius 1 is 0.920 bits per heavy atom. The van der Waals surface area contributed by atoms with Crippen LogP contribution >= 0.6 is 0 Å². The Labute approximate surface area is 155 Å². The van der Waals surface area contributed by atoms with E-state index < -0.39 is 8.07 Å². The second-order valence-electron chi connectivity index (χ2n) is 9.30. The summed E-state index contributed by atoms with van der Waals surface area (Å²) in [4.78, 5) is 0. The van der Waals surface area contributed by atoms with Crippen molar-refractivity contribution in [3.63, 3.8) is 0 Å². The number of allylic oxidation sites excluding steroid dienone is 2. The summed E-state index contributed by atoms with van der Waals surface area (Å²) in [6, 6.07) is 11.1. The van der Waals surface area contributed by atoms with Gasteiger partial charge in [-0.15, -0.1) is 0 Å². The molecule has 0 radical (unpaired) electrons. The highest BCUT2D eigenvalue weighted by molar-refractivity contribution is 6.91. The van der Waals surface area contributed by atoms with Gasteiger partial charge in [0, 0.05) is 5.82 Å². The molecule has 136 valence electrons. The molecule has 1 fully saturated rings. The SMILES string of the molecule is CC1(C)OB([C@@H]2C=C[C@@H]([Si](C)(C)c3ccccc3)CCC2)OC1(C)C. The van der Waals surface area contributed by atoms with Crippen LogP contribution in [0.25, 0.3) is 0 Å². The summed E-state index contributed by atoms with van der Waals surface area (Å²) in [6.07, 6.45) is 8.57. The number of hydrogen-bond donors (Lipinski definition) is 0. The van der Waals surface area contributed by atoms with Crippen molar-refractivity contribution in [2.45, 2.75) is 82.6 Å². The molecule has 1 aromatic carbocycles. The van der Waals surface area contributed by atoms with Crippen molar-refractivity contribution in [2.75, 3.05) is 0 Å². The first kappa shape index (κ1) is 18.9. The zero-order valence-corrected chi connectivity index (χ0v) is 17.7. The van der Waals surface area contributed by atoms with Crippen molar-refractivity contribution in [2.24, 2.45) is 0 Å². The topological polar surface area (TPSA) is 18.5 Å². The molecule has 0 spiro atoms. The fourth-order valence-electron chi connectivity index (χ4n) is 4.02. The van der Waals surface area contributed by atoms with Crippen molar-refractivity contribution in [3.8, 4) is 0 Å². The molecule has 2 atom stereocenters. The molecule has 1 aliphatic carbocycles. The van der Waals surface area contributed by atoms with E-state index in [0.29, 0.717) is 11.4 Å². The van der Waals surface area contributed by atoms with Crippen LogP contribution in [0.3, 0.4) is 0 Å². The third-order valence-corrected chi connectivity index (χ3v) is 10.9. The average Bonchev–Trinajstić information content (AvgIpc) is 2.74. The van der Waals surface area contributed by atoms with Gasteiger partial charge in [-0.05, 0) is 46.1 Å². The predicted molar refractivity (Wildman–Crippen MR) is 110 cm³/mol. The van der Waals surface area contributed by atoms with Gasteiger partial charge in [-0.1, -0.05) is 67.2 Å². The molecule has 25 heavy (non-hydrogen) atoms. The van der Waals surface area contributed by atoms with Crippen molar-refractivity contribution >= 4 is 20.4 Å². The minimum atomic E-state index is -1.51. The van der Waals surface area contributed by atoms with Gasteiger partial charge in [0.25, 0.3) is 0 Å². The molecule has 0 N–H and O–H groups in total. The smallest absolute Gasteiger partial charge is 0.403 e. The number of hydrogen-bond acceptors (Lipinski definition) is 2. The fourth-order valence-corrected chi connectivity index (χ4v) is 7.01. The molecule has 1 saturated heterocycles. The lowest BCUT2D eigenvalue weighted by molar-refractivity contribution is 0.00578. The summed E-state index contributed by atoms with van der Waals surface area (Å²) in [6.45, 7) is 13.6. The van der Waals surface area contributed by atoms with E-state index in [1.54, 1.807) is 5.19 Å². The van der Waals surface area contributed by atoms with Gasteiger partial charge in [0.2, 0.25) is 0 Å². The minimum Gasteiger partial charge on any atom is -0.403 e. The van der Waals surface area contributed by atoms with Crippen LogP contribution in [0.4, 0.5) is 0 Å². The van der Waals surface area contributed by atoms with Gasteiger partial charge in [0.1, 0.15) is 0 Å². The van der Waals surface area contributed by atoms with E-state index >= 15 is 0 Å². The summed E-state index contributed by atoms with van der Waals surface area (Å²) in [5.74, 6) is 0.367. The molecule has 1 aromatic rings. The maximum Gasteiger partial charge on any atom is 0.465 e. The van der Waals surface area contributed by atoms with Gasteiger partial charge in [-0.3, -0.25) is 0 Å². The predicted octanol–water partition coefficient (Wildman–Crippen LogP) is 5.17. The average molecular weight is 356 g/mol. The van der Waals surface area contributed by atoms with Crippen LogP contribution in [0.15, 0.2) is 42.5 Å².